The minimum Gasteiger partial charge on any atom is -0.481 e. The first-order chi connectivity index (χ1) is 7.59. The highest BCUT2D eigenvalue weighted by atomic mass is 32.1. The topological polar surface area (TPSA) is 66.0 Å². The summed E-state index contributed by atoms with van der Waals surface area (Å²) in [5, 5.41) is 9.84. The van der Waals surface area contributed by atoms with Gasteiger partial charge in [-0.15, -0.1) is 11.3 Å². The quantitative estimate of drug-likeness (QED) is 0.861. The van der Waals surface area contributed by atoms with Crippen molar-refractivity contribution < 1.29 is 9.90 Å². The summed E-state index contributed by atoms with van der Waals surface area (Å²) in [6.45, 7) is 3.53. The Morgan fingerprint density at radius 2 is 2.38 bits per heavy atom. The second-order valence-corrected chi connectivity index (χ2v) is 4.66. The molecule has 0 saturated heterocycles. The molecule has 5 heteroatoms. The van der Waals surface area contributed by atoms with E-state index in [4.69, 9.17) is 5.11 Å². The summed E-state index contributed by atoms with van der Waals surface area (Å²) in [7, 11) is 0. The van der Waals surface area contributed by atoms with E-state index >= 15 is 0 Å². The van der Waals surface area contributed by atoms with E-state index in [9.17, 15) is 4.79 Å². The summed E-state index contributed by atoms with van der Waals surface area (Å²) in [4.78, 5) is 19.1. The summed E-state index contributed by atoms with van der Waals surface area (Å²) >= 11 is 1.44. The average Bonchev–Trinajstić information content (AvgIpc) is 2.84. The molecule has 2 rings (SSSR count). The third-order valence-corrected chi connectivity index (χ3v) is 3.83. The molecule has 0 radical (unpaired) electrons. The van der Waals surface area contributed by atoms with Gasteiger partial charge >= 0.3 is 5.97 Å². The highest BCUT2D eigenvalue weighted by Crippen LogP contribution is 2.32. The molecular weight excluding hydrogens is 224 g/mol. The maximum absolute atomic E-state index is 10.9. The molecule has 0 aliphatic rings. The SMILES string of the molecule is Cc1nc(-c2cc[nH]c2)sc1C(C)C(=O)O. The summed E-state index contributed by atoms with van der Waals surface area (Å²) in [6, 6.07) is 1.92. The van der Waals surface area contributed by atoms with Crippen molar-refractivity contribution in [2.75, 3.05) is 0 Å². The van der Waals surface area contributed by atoms with Crippen LogP contribution in [0.5, 0.6) is 0 Å². The van der Waals surface area contributed by atoms with Gasteiger partial charge in [-0.25, -0.2) is 4.98 Å². The lowest BCUT2D eigenvalue weighted by Crippen LogP contribution is -2.06. The van der Waals surface area contributed by atoms with Crippen molar-refractivity contribution in [3.05, 3.63) is 29.0 Å². The number of thiazole rings is 1. The molecule has 0 amide bonds. The van der Waals surface area contributed by atoms with Crippen LogP contribution in [0, 0.1) is 6.92 Å². The predicted octanol–water partition coefficient (Wildman–Crippen LogP) is 2.63. The van der Waals surface area contributed by atoms with Gasteiger partial charge in [-0.3, -0.25) is 4.79 Å². The van der Waals surface area contributed by atoms with Crippen molar-refractivity contribution in [3.8, 4) is 10.6 Å². The fourth-order valence-corrected chi connectivity index (χ4v) is 2.61. The van der Waals surface area contributed by atoms with Crippen LogP contribution in [0.4, 0.5) is 0 Å². The largest absolute Gasteiger partial charge is 0.481 e. The summed E-state index contributed by atoms with van der Waals surface area (Å²) in [6.07, 6.45) is 3.68. The Kier molecular flexibility index (Phi) is 2.78. The molecule has 4 nitrogen and oxygen atoms in total. The number of aromatic nitrogens is 2. The standard InChI is InChI=1S/C11H12N2O2S/c1-6(11(14)15)9-7(2)13-10(16-9)8-3-4-12-5-8/h3-6,12H,1-2H3,(H,14,15). The zero-order valence-electron chi connectivity index (χ0n) is 9.02. The lowest BCUT2D eigenvalue weighted by Gasteiger charge is -2.02. The molecule has 0 fully saturated rings. The lowest BCUT2D eigenvalue weighted by molar-refractivity contribution is -0.138. The van der Waals surface area contributed by atoms with E-state index in [-0.39, 0.29) is 0 Å². The number of hydrogen-bond acceptors (Lipinski definition) is 3. The molecule has 1 atom stereocenters. The number of carboxylic acids is 1. The van der Waals surface area contributed by atoms with Gasteiger partial charge in [0.05, 0.1) is 11.6 Å². The van der Waals surface area contributed by atoms with Crippen molar-refractivity contribution in [3.63, 3.8) is 0 Å². The van der Waals surface area contributed by atoms with Crippen molar-refractivity contribution in [2.45, 2.75) is 19.8 Å². The van der Waals surface area contributed by atoms with Gasteiger partial charge in [-0.05, 0) is 19.9 Å². The second-order valence-electron chi connectivity index (χ2n) is 3.63. The molecule has 0 aromatic carbocycles. The Morgan fingerprint density at radius 3 is 2.94 bits per heavy atom. The van der Waals surface area contributed by atoms with Crippen LogP contribution in [0.1, 0.15) is 23.4 Å². The smallest absolute Gasteiger partial charge is 0.311 e. The number of carboxylic acid groups (broad SMARTS) is 1. The first kappa shape index (κ1) is 10.9. The van der Waals surface area contributed by atoms with Crippen LogP contribution in [-0.4, -0.2) is 21.0 Å². The van der Waals surface area contributed by atoms with E-state index in [1.807, 2.05) is 25.4 Å². The number of aliphatic carboxylic acids is 1. The number of hydrogen-bond donors (Lipinski definition) is 2. The van der Waals surface area contributed by atoms with Gasteiger partial charge in [0.1, 0.15) is 5.01 Å². The van der Waals surface area contributed by atoms with Crippen LogP contribution in [0.2, 0.25) is 0 Å². The predicted molar refractivity (Wildman–Crippen MR) is 62.7 cm³/mol. The molecule has 2 heterocycles. The molecule has 2 aromatic rings. The molecule has 0 aliphatic heterocycles. The van der Waals surface area contributed by atoms with Crippen molar-refractivity contribution in [1.82, 2.24) is 9.97 Å². The van der Waals surface area contributed by atoms with E-state index in [0.717, 1.165) is 21.1 Å². The van der Waals surface area contributed by atoms with Gasteiger partial charge < -0.3 is 10.1 Å². The normalized spacial score (nSPS) is 12.6. The molecule has 0 saturated carbocycles. The van der Waals surface area contributed by atoms with Crippen molar-refractivity contribution in [1.29, 1.82) is 0 Å². The first-order valence-electron chi connectivity index (χ1n) is 4.93. The second kappa shape index (κ2) is 4.09. The molecule has 0 bridgehead atoms. The molecule has 0 aliphatic carbocycles. The third-order valence-electron chi connectivity index (χ3n) is 2.44. The van der Waals surface area contributed by atoms with Crippen LogP contribution in [0.15, 0.2) is 18.5 Å². The Balaban J connectivity index is 2.40. The van der Waals surface area contributed by atoms with Gasteiger partial charge in [-0.1, -0.05) is 0 Å². The summed E-state index contributed by atoms with van der Waals surface area (Å²) in [5.74, 6) is -1.31. The van der Waals surface area contributed by atoms with Crippen LogP contribution >= 0.6 is 11.3 Å². The fourth-order valence-electron chi connectivity index (χ4n) is 1.50. The number of aryl methyl sites for hydroxylation is 1. The Bertz CT molecular complexity index is 502. The summed E-state index contributed by atoms with van der Waals surface area (Å²) < 4.78 is 0. The Labute approximate surface area is 97.0 Å². The zero-order chi connectivity index (χ0) is 11.7. The summed E-state index contributed by atoms with van der Waals surface area (Å²) in [5.41, 5.74) is 1.80. The average molecular weight is 236 g/mol. The molecule has 2 aromatic heterocycles. The maximum Gasteiger partial charge on any atom is 0.311 e. The number of nitrogens with one attached hydrogen (secondary N) is 1. The molecule has 2 N–H and O–H groups in total. The van der Waals surface area contributed by atoms with Gasteiger partial charge in [-0.2, -0.15) is 0 Å². The number of carbonyl (C=O) groups is 1. The van der Waals surface area contributed by atoms with Gasteiger partial charge in [0.2, 0.25) is 0 Å². The van der Waals surface area contributed by atoms with Crippen LogP contribution in [0.25, 0.3) is 10.6 Å². The first-order valence-corrected chi connectivity index (χ1v) is 5.74. The van der Waals surface area contributed by atoms with Crippen LogP contribution < -0.4 is 0 Å². The van der Waals surface area contributed by atoms with Crippen LogP contribution in [0.3, 0.4) is 0 Å². The highest BCUT2D eigenvalue weighted by Gasteiger charge is 2.20. The Morgan fingerprint density at radius 1 is 1.62 bits per heavy atom. The monoisotopic (exact) mass is 236 g/mol. The van der Waals surface area contributed by atoms with Crippen LogP contribution in [-0.2, 0) is 4.79 Å². The minimum absolute atomic E-state index is 0.495. The lowest BCUT2D eigenvalue weighted by atomic mass is 10.1. The van der Waals surface area contributed by atoms with E-state index in [0.29, 0.717) is 0 Å². The Hall–Kier alpha value is -1.62. The molecule has 0 spiro atoms. The fraction of sp³-hybridized carbons (Fsp3) is 0.273. The van der Waals surface area contributed by atoms with Gasteiger partial charge in [0.25, 0.3) is 0 Å². The zero-order valence-corrected chi connectivity index (χ0v) is 9.84. The minimum atomic E-state index is -0.813. The number of nitrogens with zero attached hydrogens (tertiary/aromatic N) is 1. The van der Waals surface area contributed by atoms with Crippen molar-refractivity contribution >= 4 is 17.3 Å². The van der Waals surface area contributed by atoms with Gasteiger partial charge in [0.15, 0.2) is 0 Å². The number of rotatable bonds is 3. The highest BCUT2D eigenvalue weighted by molar-refractivity contribution is 7.15. The van der Waals surface area contributed by atoms with E-state index in [1.165, 1.54) is 11.3 Å². The van der Waals surface area contributed by atoms with Gasteiger partial charge in [0, 0.05) is 22.8 Å². The van der Waals surface area contributed by atoms with E-state index in [1.54, 1.807) is 6.92 Å². The van der Waals surface area contributed by atoms with E-state index < -0.39 is 11.9 Å². The van der Waals surface area contributed by atoms with Crippen molar-refractivity contribution in [2.24, 2.45) is 0 Å². The molecular formula is C11H12N2O2S. The number of aromatic amines is 1. The third kappa shape index (κ3) is 1.86. The van der Waals surface area contributed by atoms with E-state index in [2.05, 4.69) is 9.97 Å². The maximum atomic E-state index is 10.9. The number of H-pyrrole nitrogens is 1. The molecule has 84 valence electrons. The molecule has 1 unspecified atom stereocenters. The molecule has 16 heavy (non-hydrogen) atoms.